The van der Waals surface area contributed by atoms with Crippen molar-refractivity contribution in [2.75, 3.05) is 13.2 Å². The summed E-state index contributed by atoms with van der Waals surface area (Å²) in [5.74, 6) is -0.792. The first kappa shape index (κ1) is 19.5. The molecule has 2 fully saturated rings. The summed E-state index contributed by atoms with van der Waals surface area (Å²) in [6, 6.07) is 0. The van der Waals surface area contributed by atoms with Gasteiger partial charge in [-0.15, -0.1) is 0 Å². The predicted octanol–water partition coefficient (Wildman–Crippen LogP) is 2.28. The largest absolute Gasteiger partial charge is 0.390 e. The molecule has 6 atom stereocenters. The fourth-order valence-electron chi connectivity index (χ4n) is 4.71. The molecule has 0 aromatic rings. The van der Waals surface area contributed by atoms with Crippen LogP contribution in [0.4, 0.5) is 0 Å². The molecule has 3 rings (SSSR count). The molecule has 0 aromatic carbocycles. The SMILES string of the molecule is CCCCOC1C[C@H]2C(=O)N[C@](CN=O)([C@H](O)[C@@H]3C=CCCC3)[C@@]2(C)O1. The number of hydrogen-bond donors (Lipinski definition) is 2. The molecule has 2 heterocycles. The van der Waals surface area contributed by atoms with Crippen molar-refractivity contribution in [1.82, 2.24) is 5.32 Å². The van der Waals surface area contributed by atoms with Gasteiger partial charge in [-0.1, -0.05) is 30.7 Å². The first-order valence-corrected chi connectivity index (χ1v) is 9.74. The van der Waals surface area contributed by atoms with Crippen molar-refractivity contribution in [2.45, 2.75) is 75.9 Å². The van der Waals surface area contributed by atoms with Crippen molar-refractivity contribution in [3.8, 4) is 0 Å². The van der Waals surface area contributed by atoms with Gasteiger partial charge >= 0.3 is 0 Å². The van der Waals surface area contributed by atoms with E-state index >= 15 is 0 Å². The van der Waals surface area contributed by atoms with E-state index in [1.165, 1.54) is 0 Å². The Morgan fingerprint density at radius 3 is 3.00 bits per heavy atom. The summed E-state index contributed by atoms with van der Waals surface area (Å²) in [5, 5.41) is 17.2. The normalized spacial score (nSPS) is 40.3. The number of unbranched alkanes of at least 4 members (excludes halogenated alkanes) is 1. The molecule has 2 saturated heterocycles. The van der Waals surface area contributed by atoms with Gasteiger partial charge in [0.15, 0.2) is 6.29 Å². The molecule has 7 heteroatoms. The first-order chi connectivity index (χ1) is 12.5. The average Bonchev–Trinajstić information content (AvgIpc) is 3.08. The second-order valence-electron chi connectivity index (χ2n) is 7.88. The van der Waals surface area contributed by atoms with Gasteiger partial charge in [0.05, 0.1) is 12.0 Å². The zero-order chi connectivity index (χ0) is 18.8. The third-order valence-corrected chi connectivity index (χ3v) is 6.34. The maximum Gasteiger partial charge on any atom is 0.226 e. The zero-order valence-electron chi connectivity index (χ0n) is 15.6. The minimum atomic E-state index is -1.23. The Balaban J connectivity index is 1.87. The molecule has 7 nitrogen and oxygen atoms in total. The number of ether oxygens (including phenoxy) is 2. The van der Waals surface area contributed by atoms with Crippen LogP contribution in [0.3, 0.4) is 0 Å². The number of carbonyl (C=O) groups excluding carboxylic acids is 1. The highest BCUT2D eigenvalue weighted by Crippen LogP contribution is 2.51. The van der Waals surface area contributed by atoms with E-state index in [4.69, 9.17) is 9.47 Å². The highest BCUT2D eigenvalue weighted by Gasteiger charge is 2.70. The fraction of sp³-hybridized carbons (Fsp3) is 0.842. The van der Waals surface area contributed by atoms with Gasteiger partial charge in [-0.25, -0.2) is 0 Å². The number of hydrogen-bond acceptors (Lipinski definition) is 6. The van der Waals surface area contributed by atoms with E-state index in [1.54, 1.807) is 6.92 Å². The molecule has 0 bridgehead atoms. The number of rotatable bonds is 8. The summed E-state index contributed by atoms with van der Waals surface area (Å²) in [5.41, 5.74) is -2.26. The van der Waals surface area contributed by atoms with Gasteiger partial charge in [0.25, 0.3) is 0 Å². The molecule has 0 radical (unpaired) electrons. The Hall–Kier alpha value is -1.31. The number of nitrogens with zero attached hydrogens (tertiary/aromatic N) is 1. The summed E-state index contributed by atoms with van der Waals surface area (Å²) >= 11 is 0. The lowest BCUT2D eigenvalue weighted by molar-refractivity contribution is -0.199. The van der Waals surface area contributed by atoms with Gasteiger partial charge in [0.2, 0.25) is 5.91 Å². The van der Waals surface area contributed by atoms with E-state index in [0.717, 1.165) is 32.1 Å². The zero-order valence-corrected chi connectivity index (χ0v) is 15.6. The topological polar surface area (TPSA) is 97.2 Å². The number of nitroso groups, excluding NO2 is 1. The van der Waals surface area contributed by atoms with Crippen LogP contribution < -0.4 is 5.32 Å². The number of nitrogens with one attached hydrogen (secondary N) is 1. The molecule has 26 heavy (non-hydrogen) atoms. The Kier molecular flexibility index (Phi) is 5.79. The highest BCUT2D eigenvalue weighted by molar-refractivity contribution is 5.85. The molecule has 1 unspecified atom stereocenters. The van der Waals surface area contributed by atoms with Crippen LogP contribution in [0, 0.1) is 16.7 Å². The minimum absolute atomic E-state index is 0.134. The van der Waals surface area contributed by atoms with Gasteiger partial charge in [0.1, 0.15) is 17.7 Å². The maximum absolute atomic E-state index is 12.7. The van der Waals surface area contributed by atoms with E-state index < -0.39 is 29.5 Å². The number of amides is 1. The van der Waals surface area contributed by atoms with Crippen LogP contribution >= 0.6 is 0 Å². The van der Waals surface area contributed by atoms with Gasteiger partial charge in [-0.05, 0) is 32.6 Å². The number of carbonyl (C=O) groups is 1. The quantitative estimate of drug-likeness (QED) is 0.390. The van der Waals surface area contributed by atoms with Crippen LogP contribution in [0.5, 0.6) is 0 Å². The smallest absolute Gasteiger partial charge is 0.226 e. The van der Waals surface area contributed by atoms with E-state index in [1.807, 2.05) is 12.2 Å². The lowest BCUT2D eigenvalue weighted by atomic mass is 9.69. The van der Waals surface area contributed by atoms with Crippen LogP contribution in [0.2, 0.25) is 0 Å². The van der Waals surface area contributed by atoms with Crippen LogP contribution in [0.15, 0.2) is 17.3 Å². The molecule has 1 amide bonds. The summed E-state index contributed by atoms with van der Waals surface area (Å²) in [4.78, 5) is 24.0. The third-order valence-electron chi connectivity index (χ3n) is 6.34. The van der Waals surface area contributed by atoms with E-state index in [9.17, 15) is 14.8 Å². The van der Waals surface area contributed by atoms with Crippen LogP contribution in [-0.4, -0.2) is 47.7 Å². The fourth-order valence-corrected chi connectivity index (χ4v) is 4.71. The number of allylic oxidation sites excluding steroid dienone is 1. The van der Waals surface area contributed by atoms with Gasteiger partial charge in [-0.3, -0.25) is 4.79 Å². The molecule has 0 saturated carbocycles. The Labute approximate surface area is 154 Å². The number of fused-ring (bicyclic) bond motifs is 1. The van der Waals surface area contributed by atoms with Gasteiger partial charge < -0.3 is 19.9 Å². The van der Waals surface area contributed by atoms with Crippen molar-refractivity contribution < 1.29 is 19.4 Å². The second-order valence-corrected chi connectivity index (χ2v) is 7.88. The lowest BCUT2D eigenvalue weighted by Gasteiger charge is -2.46. The van der Waals surface area contributed by atoms with Gasteiger partial charge in [0, 0.05) is 18.9 Å². The van der Waals surface area contributed by atoms with Crippen molar-refractivity contribution in [1.29, 1.82) is 0 Å². The van der Waals surface area contributed by atoms with Gasteiger partial charge in [-0.2, -0.15) is 4.91 Å². The molecule has 0 aromatic heterocycles. The highest BCUT2D eigenvalue weighted by atomic mass is 16.7. The van der Waals surface area contributed by atoms with Crippen molar-refractivity contribution in [3.63, 3.8) is 0 Å². The van der Waals surface area contributed by atoms with Crippen LogP contribution in [-0.2, 0) is 14.3 Å². The molecule has 2 aliphatic heterocycles. The van der Waals surface area contributed by atoms with Crippen LogP contribution in [0.25, 0.3) is 0 Å². The monoisotopic (exact) mass is 366 g/mol. The average molecular weight is 366 g/mol. The Morgan fingerprint density at radius 1 is 1.54 bits per heavy atom. The molecular formula is C19H30N2O5. The van der Waals surface area contributed by atoms with E-state index in [2.05, 4.69) is 17.4 Å². The van der Waals surface area contributed by atoms with Crippen molar-refractivity contribution in [2.24, 2.45) is 17.0 Å². The molecule has 3 aliphatic rings. The predicted molar refractivity (Wildman–Crippen MR) is 96.3 cm³/mol. The summed E-state index contributed by atoms with van der Waals surface area (Å²) in [7, 11) is 0. The Bertz CT molecular complexity index is 568. The molecule has 0 spiro atoms. The lowest BCUT2D eigenvalue weighted by Crippen LogP contribution is -2.67. The van der Waals surface area contributed by atoms with E-state index in [-0.39, 0.29) is 18.4 Å². The Morgan fingerprint density at radius 2 is 2.35 bits per heavy atom. The molecule has 2 N–H and O–H groups in total. The van der Waals surface area contributed by atoms with E-state index in [0.29, 0.717) is 13.0 Å². The van der Waals surface area contributed by atoms with Crippen molar-refractivity contribution >= 4 is 5.91 Å². The minimum Gasteiger partial charge on any atom is -0.390 e. The number of aliphatic hydroxyl groups is 1. The number of aliphatic hydroxyl groups excluding tert-OH is 1. The molecule has 1 aliphatic carbocycles. The summed E-state index contributed by atoms with van der Waals surface area (Å²) < 4.78 is 12.0. The second kappa shape index (κ2) is 7.74. The molecular weight excluding hydrogens is 336 g/mol. The van der Waals surface area contributed by atoms with Crippen LogP contribution in [0.1, 0.15) is 52.4 Å². The standard InChI is InChI=1S/C19H30N2O5/c1-3-4-10-25-15-11-14-17(23)21-19(12-20-24,18(14,2)26-15)16(22)13-8-6-5-7-9-13/h6,8,13-16,22H,3-5,7,9-12H2,1-2H3,(H,21,23)/t13-,14+,15?,16-,18+,19-/m1/s1. The molecule has 146 valence electrons. The maximum atomic E-state index is 12.7. The summed E-state index contributed by atoms with van der Waals surface area (Å²) in [6.07, 6.45) is 7.72. The first-order valence-electron chi connectivity index (χ1n) is 9.74. The van der Waals surface area contributed by atoms with Crippen molar-refractivity contribution in [3.05, 3.63) is 17.1 Å². The third kappa shape index (κ3) is 3.10. The summed E-state index contributed by atoms with van der Waals surface area (Å²) in [6.45, 7) is 4.23.